The number of hydrogen-bond donors (Lipinski definition) is 2. The molecule has 148 valence electrons. The minimum Gasteiger partial charge on any atom is -0.373 e. The first-order chi connectivity index (χ1) is 13.3. The quantitative estimate of drug-likeness (QED) is 0.618. The molecule has 0 aromatic heterocycles. The zero-order chi connectivity index (χ0) is 18.5. The summed E-state index contributed by atoms with van der Waals surface area (Å²) in [6.45, 7) is 4.38. The number of hydrogen-bond acceptors (Lipinski definition) is 3. The molecule has 1 aromatic rings. The zero-order valence-electron chi connectivity index (χ0n) is 16.6. The second-order valence-electron chi connectivity index (χ2n) is 8.29. The lowest BCUT2D eigenvalue weighted by Gasteiger charge is -2.22. The van der Waals surface area contributed by atoms with E-state index in [-0.39, 0.29) is 0 Å². The average Bonchev–Trinajstić information content (AvgIpc) is 3.22. The van der Waals surface area contributed by atoms with E-state index in [1.807, 2.05) is 7.05 Å². The van der Waals surface area contributed by atoms with Crippen LogP contribution < -0.4 is 10.6 Å². The topological polar surface area (TPSA) is 48.9 Å². The van der Waals surface area contributed by atoms with Gasteiger partial charge in [-0.3, -0.25) is 9.89 Å². The number of ether oxygens (including phenoxy) is 1. The van der Waals surface area contributed by atoms with Crippen LogP contribution in [0.25, 0.3) is 0 Å². The molecule has 5 heteroatoms. The Morgan fingerprint density at radius 2 is 1.81 bits per heavy atom. The highest BCUT2D eigenvalue weighted by Crippen LogP contribution is 2.34. The number of likely N-dealkylation sites (tertiary alicyclic amines) is 1. The van der Waals surface area contributed by atoms with E-state index in [0.29, 0.717) is 18.2 Å². The summed E-state index contributed by atoms with van der Waals surface area (Å²) in [5.74, 6) is 0.879. The maximum absolute atomic E-state index is 5.93. The van der Waals surface area contributed by atoms with Gasteiger partial charge in [0.15, 0.2) is 5.96 Å². The second kappa shape index (κ2) is 9.07. The van der Waals surface area contributed by atoms with Crippen LogP contribution in [0, 0.1) is 0 Å². The standard InChI is InChI=1S/C22H34N4O/c1-23-22(25-20-14-19-10-11-21(20)27-19)24-15-17-6-8-18(9-7-17)16-26-12-4-2-3-5-13-26/h6-9,19-21H,2-5,10-16H2,1H3,(H2,23,24,25). The van der Waals surface area contributed by atoms with E-state index < -0.39 is 0 Å². The van der Waals surface area contributed by atoms with Gasteiger partial charge in [0, 0.05) is 20.1 Å². The first-order valence-corrected chi connectivity index (χ1v) is 10.7. The van der Waals surface area contributed by atoms with Gasteiger partial charge in [-0.05, 0) is 56.3 Å². The van der Waals surface area contributed by atoms with E-state index in [0.717, 1.165) is 25.5 Å². The van der Waals surface area contributed by atoms with E-state index in [2.05, 4.69) is 44.8 Å². The first-order valence-electron chi connectivity index (χ1n) is 10.7. The molecular formula is C22H34N4O. The molecule has 5 nitrogen and oxygen atoms in total. The highest BCUT2D eigenvalue weighted by Gasteiger charge is 2.41. The monoisotopic (exact) mass is 370 g/mol. The molecule has 3 aliphatic rings. The molecule has 3 atom stereocenters. The average molecular weight is 371 g/mol. The highest BCUT2D eigenvalue weighted by molar-refractivity contribution is 5.80. The predicted molar refractivity (Wildman–Crippen MR) is 110 cm³/mol. The summed E-state index contributed by atoms with van der Waals surface area (Å²) in [6.07, 6.45) is 9.82. The molecular weight excluding hydrogens is 336 g/mol. The van der Waals surface area contributed by atoms with Crippen molar-refractivity contribution in [2.75, 3.05) is 20.1 Å². The summed E-state index contributed by atoms with van der Waals surface area (Å²) < 4.78 is 5.93. The van der Waals surface area contributed by atoms with Gasteiger partial charge in [-0.2, -0.15) is 0 Å². The van der Waals surface area contributed by atoms with E-state index in [1.54, 1.807) is 0 Å². The van der Waals surface area contributed by atoms with Crippen molar-refractivity contribution in [1.29, 1.82) is 0 Å². The Bertz CT molecular complexity index is 622. The smallest absolute Gasteiger partial charge is 0.191 e. The molecule has 0 saturated carbocycles. The number of nitrogens with zero attached hydrogens (tertiary/aromatic N) is 2. The van der Waals surface area contributed by atoms with Gasteiger partial charge in [0.1, 0.15) is 0 Å². The van der Waals surface area contributed by atoms with Crippen LogP contribution in [0.2, 0.25) is 0 Å². The van der Waals surface area contributed by atoms with Gasteiger partial charge in [-0.1, -0.05) is 37.1 Å². The summed E-state index contributed by atoms with van der Waals surface area (Å²) in [5, 5.41) is 7.00. The Morgan fingerprint density at radius 3 is 2.44 bits per heavy atom. The van der Waals surface area contributed by atoms with Crippen molar-refractivity contribution < 1.29 is 4.74 Å². The molecule has 4 rings (SSSR count). The van der Waals surface area contributed by atoms with Crippen LogP contribution in [0.3, 0.4) is 0 Å². The fourth-order valence-electron chi connectivity index (χ4n) is 4.66. The normalized spacial score (nSPS) is 28.9. The van der Waals surface area contributed by atoms with Crippen molar-refractivity contribution in [3.05, 3.63) is 35.4 Å². The van der Waals surface area contributed by atoms with E-state index in [9.17, 15) is 0 Å². The first kappa shape index (κ1) is 18.8. The highest BCUT2D eigenvalue weighted by atomic mass is 16.5. The summed E-state index contributed by atoms with van der Waals surface area (Å²) in [7, 11) is 1.84. The second-order valence-corrected chi connectivity index (χ2v) is 8.29. The molecule has 27 heavy (non-hydrogen) atoms. The molecule has 0 radical (unpaired) electrons. The van der Waals surface area contributed by atoms with Crippen LogP contribution in [0.5, 0.6) is 0 Å². The number of nitrogens with one attached hydrogen (secondary N) is 2. The zero-order valence-corrected chi connectivity index (χ0v) is 16.6. The van der Waals surface area contributed by atoms with Crippen LogP contribution in [0.15, 0.2) is 29.3 Å². The summed E-state index contributed by atoms with van der Waals surface area (Å²) >= 11 is 0. The molecule has 3 aliphatic heterocycles. The molecule has 3 heterocycles. The molecule has 3 unspecified atom stereocenters. The Morgan fingerprint density at radius 1 is 1.07 bits per heavy atom. The van der Waals surface area contributed by atoms with Crippen molar-refractivity contribution in [2.45, 2.75) is 76.3 Å². The number of rotatable bonds is 5. The summed E-state index contributed by atoms with van der Waals surface area (Å²) in [5.41, 5.74) is 2.71. The lowest BCUT2D eigenvalue weighted by Crippen LogP contribution is -2.47. The van der Waals surface area contributed by atoms with Crippen LogP contribution in [-0.4, -0.2) is 49.2 Å². The molecule has 3 fully saturated rings. The maximum Gasteiger partial charge on any atom is 0.191 e. The minimum atomic E-state index is 0.367. The van der Waals surface area contributed by atoms with Crippen molar-refractivity contribution >= 4 is 5.96 Å². The number of aliphatic imine (C=N–C) groups is 1. The Kier molecular flexibility index (Phi) is 6.30. The molecule has 0 amide bonds. The molecule has 3 saturated heterocycles. The fraction of sp³-hybridized carbons (Fsp3) is 0.682. The van der Waals surface area contributed by atoms with Crippen molar-refractivity contribution in [3.8, 4) is 0 Å². The van der Waals surface area contributed by atoms with Crippen LogP contribution in [-0.2, 0) is 17.8 Å². The third-order valence-electron chi connectivity index (χ3n) is 6.24. The molecule has 2 bridgehead atoms. The Hall–Kier alpha value is -1.59. The van der Waals surface area contributed by atoms with E-state index >= 15 is 0 Å². The SMILES string of the molecule is CN=C(NCc1ccc(CN2CCCCCC2)cc1)NC1CC2CCC1O2. The third kappa shape index (κ3) is 5.02. The summed E-state index contributed by atoms with van der Waals surface area (Å²) in [4.78, 5) is 6.99. The van der Waals surface area contributed by atoms with Crippen LogP contribution in [0.1, 0.15) is 56.1 Å². The number of guanidine groups is 1. The molecule has 0 spiro atoms. The Balaban J connectivity index is 1.24. The van der Waals surface area contributed by atoms with Gasteiger partial charge in [-0.15, -0.1) is 0 Å². The number of benzene rings is 1. The van der Waals surface area contributed by atoms with E-state index in [4.69, 9.17) is 4.74 Å². The van der Waals surface area contributed by atoms with Gasteiger partial charge >= 0.3 is 0 Å². The maximum atomic E-state index is 5.93. The largest absolute Gasteiger partial charge is 0.373 e. The molecule has 0 aliphatic carbocycles. The summed E-state index contributed by atoms with van der Waals surface area (Å²) in [6, 6.07) is 9.46. The number of fused-ring (bicyclic) bond motifs is 2. The fourth-order valence-corrected chi connectivity index (χ4v) is 4.66. The predicted octanol–water partition coefficient (Wildman–Crippen LogP) is 3.05. The van der Waals surface area contributed by atoms with Crippen molar-refractivity contribution in [1.82, 2.24) is 15.5 Å². The Labute approximate surface area is 163 Å². The van der Waals surface area contributed by atoms with Crippen molar-refractivity contribution in [2.24, 2.45) is 4.99 Å². The van der Waals surface area contributed by atoms with Crippen LogP contribution in [0.4, 0.5) is 0 Å². The van der Waals surface area contributed by atoms with E-state index in [1.165, 1.54) is 62.7 Å². The minimum absolute atomic E-state index is 0.367. The van der Waals surface area contributed by atoms with Gasteiger partial charge in [-0.25, -0.2) is 0 Å². The van der Waals surface area contributed by atoms with Gasteiger partial charge in [0.2, 0.25) is 0 Å². The van der Waals surface area contributed by atoms with Gasteiger partial charge in [0.05, 0.1) is 18.2 Å². The molecule has 2 N–H and O–H groups in total. The van der Waals surface area contributed by atoms with Crippen LogP contribution >= 0.6 is 0 Å². The third-order valence-corrected chi connectivity index (χ3v) is 6.24. The van der Waals surface area contributed by atoms with Gasteiger partial charge < -0.3 is 15.4 Å². The lowest BCUT2D eigenvalue weighted by atomic mass is 9.96. The van der Waals surface area contributed by atoms with Gasteiger partial charge in [0.25, 0.3) is 0 Å². The molecule has 1 aromatic carbocycles. The lowest BCUT2D eigenvalue weighted by molar-refractivity contribution is 0.0992. The van der Waals surface area contributed by atoms with Crippen molar-refractivity contribution in [3.63, 3.8) is 0 Å².